The first-order valence-corrected chi connectivity index (χ1v) is 8.12. The molecule has 1 aromatic rings. The van der Waals surface area contributed by atoms with Gasteiger partial charge in [-0.1, -0.05) is 0 Å². The number of rotatable bonds is 4. The Kier molecular flexibility index (Phi) is 4.38. The zero-order valence-corrected chi connectivity index (χ0v) is 12.9. The summed E-state index contributed by atoms with van der Waals surface area (Å²) in [5, 5.41) is 5.80. The van der Waals surface area contributed by atoms with Gasteiger partial charge in [0.2, 0.25) is 15.9 Å². The van der Waals surface area contributed by atoms with E-state index in [-0.39, 0.29) is 10.8 Å². The second-order valence-electron chi connectivity index (χ2n) is 5.17. The molecule has 0 saturated carbocycles. The molecule has 1 aliphatic rings. The number of nitrogens with one attached hydrogen (secondary N) is 2. The first-order chi connectivity index (χ1) is 9.82. The van der Waals surface area contributed by atoms with Crippen molar-refractivity contribution in [2.24, 2.45) is 0 Å². The number of sulfonamides is 1. The van der Waals surface area contributed by atoms with Crippen LogP contribution in [-0.2, 0) is 14.8 Å². The number of nitrogen functional groups attached to an aromatic ring is 1. The topological polar surface area (TPSA) is 105 Å². The predicted molar refractivity (Wildman–Crippen MR) is 81.4 cm³/mol. The van der Waals surface area contributed by atoms with Crippen molar-refractivity contribution in [2.45, 2.75) is 23.8 Å². The van der Waals surface area contributed by atoms with E-state index in [4.69, 9.17) is 5.73 Å². The minimum Gasteiger partial charge on any atom is -0.397 e. The highest BCUT2D eigenvalue weighted by Crippen LogP contribution is 2.25. The molecule has 1 aromatic carbocycles. The summed E-state index contributed by atoms with van der Waals surface area (Å²) in [4.78, 5) is 11.9. The number of amides is 1. The summed E-state index contributed by atoms with van der Waals surface area (Å²) in [6.45, 7) is 0.668. The van der Waals surface area contributed by atoms with Crippen LogP contribution >= 0.6 is 0 Å². The first-order valence-electron chi connectivity index (χ1n) is 6.68. The molecule has 0 bridgehead atoms. The SMILES string of the molecule is CN(C)S(=O)(=O)c1ccc(N)c(NC2CCCNC2=O)c1. The minimum absolute atomic E-state index is 0.0958. The summed E-state index contributed by atoms with van der Waals surface area (Å²) in [6, 6.07) is 4.06. The molecule has 1 saturated heterocycles. The lowest BCUT2D eigenvalue weighted by molar-refractivity contribution is -0.123. The maximum atomic E-state index is 12.1. The zero-order chi connectivity index (χ0) is 15.6. The van der Waals surface area contributed by atoms with Gasteiger partial charge >= 0.3 is 0 Å². The molecule has 2 rings (SSSR count). The molecular weight excluding hydrogens is 292 g/mol. The van der Waals surface area contributed by atoms with E-state index in [1.54, 1.807) is 0 Å². The fourth-order valence-corrected chi connectivity index (χ4v) is 3.06. The van der Waals surface area contributed by atoms with Crippen molar-refractivity contribution in [1.82, 2.24) is 9.62 Å². The average molecular weight is 312 g/mol. The molecule has 0 spiro atoms. The number of nitrogens with two attached hydrogens (primary N) is 1. The lowest BCUT2D eigenvalue weighted by Crippen LogP contribution is -2.44. The maximum absolute atomic E-state index is 12.1. The second-order valence-corrected chi connectivity index (χ2v) is 7.32. The van der Waals surface area contributed by atoms with Crippen LogP contribution in [-0.4, -0.2) is 45.3 Å². The largest absolute Gasteiger partial charge is 0.397 e. The Hall–Kier alpha value is -1.80. The van der Waals surface area contributed by atoms with Gasteiger partial charge in [0.05, 0.1) is 16.3 Å². The smallest absolute Gasteiger partial charge is 0.242 e. The van der Waals surface area contributed by atoms with Crippen LogP contribution < -0.4 is 16.4 Å². The molecule has 0 aromatic heterocycles. The summed E-state index contributed by atoms with van der Waals surface area (Å²) in [6.07, 6.45) is 1.56. The Morgan fingerprint density at radius 1 is 1.38 bits per heavy atom. The number of anilines is 2. The van der Waals surface area contributed by atoms with Gasteiger partial charge in [0.25, 0.3) is 0 Å². The van der Waals surface area contributed by atoms with Crippen molar-refractivity contribution in [3.8, 4) is 0 Å². The minimum atomic E-state index is -3.53. The van der Waals surface area contributed by atoms with E-state index in [2.05, 4.69) is 10.6 Å². The van der Waals surface area contributed by atoms with Gasteiger partial charge in [-0.05, 0) is 31.0 Å². The molecule has 1 atom stereocenters. The Balaban J connectivity index is 2.30. The first kappa shape index (κ1) is 15.6. The number of piperidine rings is 1. The second kappa shape index (κ2) is 5.90. The third-order valence-electron chi connectivity index (χ3n) is 3.42. The third kappa shape index (κ3) is 3.27. The highest BCUT2D eigenvalue weighted by atomic mass is 32.2. The average Bonchev–Trinajstić information content (AvgIpc) is 2.43. The molecule has 1 aliphatic heterocycles. The number of carbonyl (C=O) groups excluding carboxylic acids is 1. The van der Waals surface area contributed by atoms with Crippen molar-refractivity contribution >= 4 is 27.3 Å². The van der Waals surface area contributed by atoms with Crippen LogP contribution in [0.5, 0.6) is 0 Å². The molecule has 1 amide bonds. The van der Waals surface area contributed by atoms with Crippen molar-refractivity contribution in [3.05, 3.63) is 18.2 Å². The normalized spacial score (nSPS) is 19.4. The van der Waals surface area contributed by atoms with Gasteiger partial charge in [-0.3, -0.25) is 4.79 Å². The van der Waals surface area contributed by atoms with Gasteiger partial charge in [0.15, 0.2) is 0 Å². The molecule has 0 radical (unpaired) electrons. The molecule has 0 aliphatic carbocycles. The molecule has 1 fully saturated rings. The summed E-state index contributed by atoms with van der Waals surface area (Å²) >= 11 is 0. The number of hydrogen-bond donors (Lipinski definition) is 3. The molecule has 116 valence electrons. The van der Waals surface area contributed by atoms with E-state index in [1.165, 1.54) is 32.3 Å². The molecule has 7 nitrogen and oxygen atoms in total. The lowest BCUT2D eigenvalue weighted by atomic mass is 10.1. The van der Waals surface area contributed by atoms with Crippen molar-refractivity contribution < 1.29 is 13.2 Å². The van der Waals surface area contributed by atoms with E-state index in [9.17, 15) is 13.2 Å². The molecule has 21 heavy (non-hydrogen) atoms. The van der Waals surface area contributed by atoms with Crippen LogP contribution in [0.2, 0.25) is 0 Å². The van der Waals surface area contributed by atoms with Crippen molar-refractivity contribution in [2.75, 3.05) is 31.7 Å². The number of nitrogens with zero attached hydrogens (tertiary/aromatic N) is 1. The Bertz CT molecular complexity index is 643. The molecule has 1 unspecified atom stereocenters. The van der Waals surface area contributed by atoms with Crippen LogP contribution in [0.1, 0.15) is 12.8 Å². The van der Waals surface area contributed by atoms with Gasteiger partial charge in [-0.2, -0.15) is 0 Å². The lowest BCUT2D eigenvalue weighted by Gasteiger charge is -2.24. The van der Waals surface area contributed by atoms with Crippen molar-refractivity contribution in [3.63, 3.8) is 0 Å². The zero-order valence-electron chi connectivity index (χ0n) is 12.1. The van der Waals surface area contributed by atoms with E-state index in [0.29, 0.717) is 24.3 Å². The number of carbonyl (C=O) groups is 1. The van der Waals surface area contributed by atoms with Crippen LogP contribution in [0.4, 0.5) is 11.4 Å². The van der Waals surface area contributed by atoms with E-state index < -0.39 is 16.1 Å². The number of benzene rings is 1. The van der Waals surface area contributed by atoms with Crippen LogP contribution in [0.15, 0.2) is 23.1 Å². The van der Waals surface area contributed by atoms with Crippen LogP contribution in [0, 0.1) is 0 Å². The highest BCUT2D eigenvalue weighted by Gasteiger charge is 2.24. The predicted octanol–water partition coefficient (Wildman–Crippen LogP) is 0.210. The monoisotopic (exact) mass is 312 g/mol. The molecular formula is C13H20N4O3S. The van der Waals surface area contributed by atoms with E-state index in [1.807, 2.05) is 0 Å². The van der Waals surface area contributed by atoms with Gasteiger partial charge in [0, 0.05) is 20.6 Å². The van der Waals surface area contributed by atoms with E-state index >= 15 is 0 Å². The van der Waals surface area contributed by atoms with Gasteiger partial charge in [-0.15, -0.1) is 0 Å². The van der Waals surface area contributed by atoms with Gasteiger partial charge in [0.1, 0.15) is 6.04 Å². The number of hydrogen-bond acceptors (Lipinski definition) is 5. The van der Waals surface area contributed by atoms with Gasteiger partial charge in [-0.25, -0.2) is 12.7 Å². The summed E-state index contributed by atoms with van der Waals surface area (Å²) < 4.78 is 25.4. The van der Waals surface area contributed by atoms with Crippen LogP contribution in [0.3, 0.4) is 0 Å². The molecule has 1 heterocycles. The molecule has 8 heteroatoms. The van der Waals surface area contributed by atoms with Crippen molar-refractivity contribution in [1.29, 1.82) is 0 Å². The Morgan fingerprint density at radius 2 is 2.10 bits per heavy atom. The van der Waals surface area contributed by atoms with E-state index in [0.717, 1.165) is 10.7 Å². The Morgan fingerprint density at radius 3 is 2.71 bits per heavy atom. The summed E-state index contributed by atoms with van der Waals surface area (Å²) in [5.41, 5.74) is 6.74. The maximum Gasteiger partial charge on any atom is 0.242 e. The summed E-state index contributed by atoms with van der Waals surface area (Å²) in [7, 11) is -0.602. The van der Waals surface area contributed by atoms with Crippen LogP contribution in [0.25, 0.3) is 0 Å². The standard InChI is InChI=1S/C13H20N4O3S/c1-17(2)21(19,20)9-5-6-10(14)12(8-9)16-11-4-3-7-15-13(11)18/h5-6,8,11,16H,3-4,7,14H2,1-2H3,(H,15,18). The quantitative estimate of drug-likeness (QED) is 0.689. The highest BCUT2D eigenvalue weighted by molar-refractivity contribution is 7.89. The van der Waals surface area contributed by atoms with Gasteiger partial charge < -0.3 is 16.4 Å². The Labute approximate surface area is 124 Å². The molecule has 4 N–H and O–H groups in total. The summed E-state index contributed by atoms with van der Waals surface area (Å²) in [5.74, 6) is -0.0958. The fourth-order valence-electron chi connectivity index (χ4n) is 2.13. The third-order valence-corrected chi connectivity index (χ3v) is 5.23. The fraction of sp³-hybridized carbons (Fsp3) is 0.462.